The molecule has 1 amide bonds. The van der Waals surface area contributed by atoms with Crippen molar-refractivity contribution in [1.82, 2.24) is 5.32 Å². The molecule has 0 aliphatic rings. The number of hydrogen-bond acceptors (Lipinski definition) is 4. The van der Waals surface area contributed by atoms with Gasteiger partial charge in [-0.15, -0.1) is 0 Å². The maximum Gasteiger partial charge on any atom is 0.333 e. The van der Waals surface area contributed by atoms with Gasteiger partial charge < -0.3 is 19.6 Å². The quantitative estimate of drug-likeness (QED) is 0.852. The zero-order valence-corrected chi connectivity index (χ0v) is 12.6. The van der Waals surface area contributed by atoms with Crippen LogP contribution in [0.15, 0.2) is 40.8 Å². The first kappa shape index (κ1) is 16.7. The van der Waals surface area contributed by atoms with Gasteiger partial charge in [-0.1, -0.05) is 12.1 Å². The third-order valence-electron chi connectivity index (χ3n) is 3.38. The van der Waals surface area contributed by atoms with Crippen molar-refractivity contribution >= 4 is 11.9 Å². The second-order valence-corrected chi connectivity index (χ2v) is 5.09. The lowest BCUT2D eigenvalue weighted by molar-refractivity contribution is -0.144. The van der Waals surface area contributed by atoms with Crippen LogP contribution in [-0.2, 0) is 21.7 Å². The fourth-order valence-electron chi connectivity index (χ4n) is 2.04. The predicted octanol–water partition coefficient (Wildman–Crippen LogP) is 2.29. The number of methoxy groups -OCH3 is 1. The summed E-state index contributed by atoms with van der Waals surface area (Å²) < 4.78 is 23.2. The van der Waals surface area contributed by atoms with Crippen molar-refractivity contribution in [3.05, 3.63) is 59.3 Å². The van der Waals surface area contributed by atoms with E-state index < -0.39 is 23.2 Å². The van der Waals surface area contributed by atoms with Crippen LogP contribution in [-0.4, -0.2) is 24.1 Å². The van der Waals surface area contributed by atoms with Crippen LogP contribution >= 0.6 is 0 Å². The number of benzene rings is 1. The summed E-state index contributed by atoms with van der Waals surface area (Å²) in [6, 6.07) is 7.87. The number of carbonyl (C=O) groups excluding carboxylic acids is 1. The molecule has 122 valence electrons. The highest BCUT2D eigenvalue weighted by Gasteiger charge is 2.37. The number of hydrogen-bond donors (Lipinski definition) is 2. The average molecular weight is 321 g/mol. The fourth-order valence-corrected chi connectivity index (χ4v) is 2.04. The lowest BCUT2D eigenvalue weighted by Crippen LogP contribution is -2.49. The number of aliphatic carboxylic acids is 1. The molecule has 2 rings (SSSR count). The van der Waals surface area contributed by atoms with E-state index >= 15 is 0 Å². The van der Waals surface area contributed by atoms with Gasteiger partial charge in [-0.05, 0) is 36.8 Å². The number of carboxylic acid groups (broad SMARTS) is 1. The zero-order chi connectivity index (χ0) is 17.0. The number of nitrogens with one attached hydrogen (secondary N) is 1. The summed E-state index contributed by atoms with van der Waals surface area (Å²) in [4.78, 5) is 23.9. The maximum atomic E-state index is 13.0. The maximum absolute atomic E-state index is 13.0. The molecule has 0 radical (unpaired) electrons. The minimum atomic E-state index is -1.72. The van der Waals surface area contributed by atoms with Crippen LogP contribution in [0.5, 0.6) is 0 Å². The van der Waals surface area contributed by atoms with Crippen molar-refractivity contribution in [2.75, 3.05) is 7.11 Å². The molecule has 1 unspecified atom stereocenters. The summed E-state index contributed by atoms with van der Waals surface area (Å²) in [5.41, 5.74) is -1.48. The predicted molar refractivity (Wildman–Crippen MR) is 78.3 cm³/mol. The highest BCUT2D eigenvalue weighted by Crippen LogP contribution is 2.22. The van der Waals surface area contributed by atoms with E-state index in [1.807, 2.05) is 0 Å². The molecular formula is C16H16FNO5. The van der Waals surface area contributed by atoms with Gasteiger partial charge in [0.1, 0.15) is 18.2 Å². The van der Waals surface area contributed by atoms with Crippen LogP contribution in [0, 0.1) is 5.82 Å². The van der Waals surface area contributed by atoms with E-state index in [1.165, 1.54) is 32.2 Å². The Morgan fingerprint density at radius 2 is 1.91 bits per heavy atom. The SMILES string of the molecule is COCc1ccc(C(=O)NC(C)(C(=O)O)c2ccc(F)cc2)o1. The summed E-state index contributed by atoms with van der Waals surface area (Å²) in [6.45, 7) is 1.51. The summed E-state index contributed by atoms with van der Waals surface area (Å²) in [5.74, 6) is -2.06. The molecule has 2 N–H and O–H groups in total. The standard InChI is InChI=1S/C16H16FNO5/c1-16(15(20)21,10-3-5-11(17)6-4-10)18-14(19)13-8-7-12(23-13)9-22-2/h3-8H,9H2,1-2H3,(H,18,19)(H,20,21). The first-order valence-corrected chi connectivity index (χ1v) is 6.76. The number of carbonyl (C=O) groups is 2. The highest BCUT2D eigenvalue weighted by atomic mass is 19.1. The van der Waals surface area contributed by atoms with E-state index in [0.717, 1.165) is 12.1 Å². The Balaban J connectivity index is 2.26. The van der Waals surface area contributed by atoms with E-state index in [-0.39, 0.29) is 17.9 Å². The second-order valence-electron chi connectivity index (χ2n) is 5.09. The molecular weight excluding hydrogens is 305 g/mol. The van der Waals surface area contributed by atoms with Gasteiger partial charge >= 0.3 is 5.97 Å². The van der Waals surface area contributed by atoms with E-state index in [1.54, 1.807) is 6.07 Å². The molecule has 0 fully saturated rings. The normalized spacial score (nSPS) is 13.3. The lowest BCUT2D eigenvalue weighted by Gasteiger charge is -2.26. The number of rotatable bonds is 6. The molecule has 2 aromatic rings. The average Bonchev–Trinajstić information content (AvgIpc) is 2.96. The first-order valence-electron chi connectivity index (χ1n) is 6.76. The van der Waals surface area contributed by atoms with E-state index in [4.69, 9.17) is 9.15 Å². The van der Waals surface area contributed by atoms with Gasteiger partial charge in [-0.25, -0.2) is 9.18 Å². The smallest absolute Gasteiger partial charge is 0.333 e. The van der Waals surface area contributed by atoms with Crippen LogP contribution in [0.2, 0.25) is 0 Å². The third-order valence-corrected chi connectivity index (χ3v) is 3.38. The van der Waals surface area contributed by atoms with Crippen molar-refractivity contribution < 1.29 is 28.2 Å². The Kier molecular flexibility index (Phi) is 4.80. The molecule has 23 heavy (non-hydrogen) atoms. The number of amides is 1. The van der Waals surface area contributed by atoms with Gasteiger partial charge in [0.25, 0.3) is 5.91 Å². The van der Waals surface area contributed by atoms with Crippen LogP contribution in [0.3, 0.4) is 0 Å². The van der Waals surface area contributed by atoms with E-state index in [9.17, 15) is 19.1 Å². The van der Waals surface area contributed by atoms with Gasteiger partial charge in [0.05, 0.1) is 0 Å². The van der Waals surface area contributed by atoms with Gasteiger partial charge in [-0.3, -0.25) is 4.79 Å². The van der Waals surface area contributed by atoms with Crippen molar-refractivity contribution in [2.24, 2.45) is 0 Å². The first-order chi connectivity index (χ1) is 10.9. The fraction of sp³-hybridized carbons (Fsp3) is 0.250. The van der Waals surface area contributed by atoms with Gasteiger partial charge in [0.15, 0.2) is 11.3 Å². The summed E-state index contributed by atoms with van der Waals surface area (Å²) in [5, 5.41) is 11.9. The molecule has 6 nitrogen and oxygen atoms in total. The van der Waals surface area contributed by atoms with Crippen LogP contribution < -0.4 is 5.32 Å². The van der Waals surface area contributed by atoms with Crippen molar-refractivity contribution in [2.45, 2.75) is 19.1 Å². The van der Waals surface area contributed by atoms with Gasteiger partial charge in [0.2, 0.25) is 0 Å². The lowest BCUT2D eigenvalue weighted by atomic mass is 9.92. The van der Waals surface area contributed by atoms with E-state index in [2.05, 4.69) is 5.32 Å². The summed E-state index contributed by atoms with van der Waals surface area (Å²) in [7, 11) is 1.48. The van der Waals surface area contributed by atoms with Crippen LogP contribution in [0.25, 0.3) is 0 Å². The minimum Gasteiger partial charge on any atom is -0.479 e. The topological polar surface area (TPSA) is 88.8 Å². The Bertz CT molecular complexity index is 710. The Morgan fingerprint density at radius 1 is 1.26 bits per heavy atom. The molecule has 0 bridgehead atoms. The number of carboxylic acids is 1. The molecule has 0 spiro atoms. The minimum absolute atomic E-state index is 0.0355. The molecule has 0 aliphatic carbocycles. The summed E-state index contributed by atoms with van der Waals surface area (Å²) in [6.07, 6.45) is 0. The Morgan fingerprint density at radius 3 is 2.48 bits per heavy atom. The largest absolute Gasteiger partial charge is 0.479 e. The highest BCUT2D eigenvalue weighted by molar-refractivity contribution is 5.96. The van der Waals surface area contributed by atoms with Crippen LogP contribution in [0.4, 0.5) is 4.39 Å². The summed E-state index contributed by atoms with van der Waals surface area (Å²) >= 11 is 0. The molecule has 1 aromatic heterocycles. The zero-order valence-electron chi connectivity index (χ0n) is 12.6. The van der Waals surface area contributed by atoms with Gasteiger partial charge in [-0.2, -0.15) is 0 Å². The molecule has 1 aromatic carbocycles. The van der Waals surface area contributed by atoms with Crippen molar-refractivity contribution in [1.29, 1.82) is 0 Å². The Labute approximate surface area is 131 Å². The second kappa shape index (κ2) is 6.62. The van der Waals surface area contributed by atoms with Gasteiger partial charge in [0, 0.05) is 7.11 Å². The third kappa shape index (κ3) is 3.57. The van der Waals surface area contributed by atoms with E-state index in [0.29, 0.717) is 5.76 Å². The van der Waals surface area contributed by atoms with Crippen molar-refractivity contribution in [3.63, 3.8) is 0 Å². The van der Waals surface area contributed by atoms with Crippen molar-refractivity contribution in [3.8, 4) is 0 Å². The number of ether oxygens (including phenoxy) is 1. The molecule has 1 atom stereocenters. The molecule has 0 saturated carbocycles. The monoisotopic (exact) mass is 321 g/mol. The molecule has 1 heterocycles. The van der Waals surface area contributed by atoms with Crippen LogP contribution in [0.1, 0.15) is 28.8 Å². The number of furan rings is 1. The Hall–Kier alpha value is -2.67. The molecule has 7 heteroatoms. The molecule has 0 aliphatic heterocycles. The number of halogens is 1. The molecule has 0 saturated heterocycles.